The lowest BCUT2D eigenvalue weighted by molar-refractivity contribution is -0.131. The Morgan fingerprint density at radius 2 is 2.06 bits per heavy atom. The Hall–Kier alpha value is -3.55. The summed E-state index contributed by atoms with van der Waals surface area (Å²) in [6, 6.07) is 6.42. The molecule has 0 aliphatic carbocycles. The third-order valence-corrected chi connectivity index (χ3v) is 5.98. The van der Waals surface area contributed by atoms with Crippen molar-refractivity contribution in [3.63, 3.8) is 0 Å². The van der Waals surface area contributed by atoms with Crippen LogP contribution in [-0.4, -0.2) is 53.5 Å². The van der Waals surface area contributed by atoms with E-state index in [1.54, 1.807) is 18.3 Å². The van der Waals surface area contributed by atoms with Crippen molar-refractivity contribution >= 4 is 11.9 Å². The fourth-order valence-electron chi connectivity index (χ4n) is 4.28. The van der Waals surface area contributed by atoms with Gasteiger partial charge >= 0.3 is 0 Å². The molecule has 1 saturated heterocycles. The minimum atomic E-state index is -0.470. The summed E-state index contributed by atoms with van der Waals surface area (Å²) in [5.74, 6) is 0.240. The SMILES string of the molecule is COc1ccc(CC(=O)N2CCC[C@@H]2c2nc(N(C)C)ncc2-c2ccncc2C)cc1F. The first-order chi connectivity index (χ1) is 15.9. The molecule has 0 spiro atoms. The zero-order chi connectivity index (χ0) is 23.5. The standard InChI is InChI=1S/C25H28FN5O2/c1-16-14-27-10-9-18(16)19-15-28-25(30(2)3)29-24(19)21-6-5-11-31(21)23(32)13-17-7-8-22(33-4)20(26)12-17/h7-10,12,14-15,21H,5-6,11,13H2,1-4H3/t21-/m1/s1. The number of anilines is 1. The van der Waals surface area contributed by atoms with Crippen molar-refractivity contribution in [2.45, 2.75) is 32.2 Å². The van der Waals surface area contributed by atoms with E-state index in [0.29, 0.717) is 18.1 Å². The van der Waals surface area contributed by atoms with Crippen molar-refractivity contribution in [3.05, 3.63) is 65.5 Å². The summed E-state index contributed by atoms with van der Waals surface area (Å²) in [4.78, 5) is 30.6. The summed E-state index contributed by atoms with van der Waals surface area (Å²) < 4.78 is 19.1. The van der Waals surface area contributed by atoms with Gasteiger partial charge in [-0.3, -0.25) is 9.78 Å². The zero-order valence-corrected chi connectivity index (χ0v) is 19.4. The lowest BCUT2D eigenvalue weighted by atomic mass is 9.97. The molecule has 1 aliphatic rings. The number of methoxy groups -OCH3 is 1. The van der Waals surface area contributed by atoms with Gasteiger partial charge in [0.1, 0.15) is 0 Å². The minimum absolute atomic E-state index is 0.0514. The molecular weight excluding hydrogens is 421 g/mol. The first-order valence-electron chi connectivity index (χ1n) is 11.0. The highest BCUT2D eigenvalue weighted by atomic mass is 19.1. The second-order valence-corrected chi connectivity index (χ2v) is 8.44. The second kappa shape index (κ2) is 9.52. The monoisotopic (exact) mass is 449 g/mol. The number of pyridine rings is 1. The van der Waals surface area contributed by atoms with Crippen LogP contribution < -0.4 is 9.64 Å². The summed E-state index contributed by atoms with van der Waals surface area (Å²) in [6.45, 7) is 2.64. The Morgan fingerprint density at radius 1 is 1.24 bits per heavy atom. The predicted octanol–water partition coefficient (Wildman–Crippen LogP) is 3.97. The number of likely N-dealkylation sites (tertiary alicyclic amines) is 1. The van der Waals surface area contributed by atoms with Gasteiger partial charge in [0.25, 0.3) is 0 Å². The van der Waals surface area contributed by atoms with Crippen molar-refractivity contribution < 1.29 is 13.9 Å². The Bertz CT molecular complexity index is 1170. The van der Waals surface area contributed by atoms with Crippen LogP contribution in [0, 0.1) is 12.7 Å². The third kappa shape index (κ3) is 4.65. The number of amides is 1. The molecule has 1 atom stereocenters. The maximum atomic E-state index is 14.1. The van der Waals surface area contributed by atoms with E-state index in [0.717, 1.165) is 35.2 Å². The van der Waals surface area contributed by atoms with Crippen LogP contribution >= 0.6 is 0 Å². The molecule has 172 valence electrons. The average molecular weight is 450 g/mol. The number of ether oxygens (including phenoxy) is 1. The molecule has 3 heterocycles. The molecule has 0 N–H and O–H groups in total. The summed E-state index contributed by atoms with van der Waals surface area (Å²) in [5, 5.41) is 0. The van der Waals surface area contributed by atoms with Crippen LogP contribution in [0.15, 0.2) is 42.9 Å². The fraction of sp³-hybridized carbons (Fsp3) is 0.360. The molecule has 0 unspecified atom stereocenters. The van der Waals surface area contributed by atoms with Crippen LogP contribution in [0.2, 0.25) is 0 Å². The topological polar surface area (TPSA) is 71.5 Å². The average Bonchev–Trinajstić information content (AvgIpc) is 3.29. The van der Waals surface area contributed by atoms with Crippen molar-refractivity contribution in [2.75, 3.05) is 32.6 Å². The first kappa shape index (κ1) is 22.6. The highest BCUT2D eigenvalue weighted by Crippen LogP contribution is 2.38. The van der Waals surface area contributed by atoms with E-state index in [4.69, 9.17) is 9.72 Å². The van der Waals surface area contributed by atoms with Gasteiger partial charge < -0.3 is 14.5 Å². The molecule has 1 aliphatic heterocycles. The molecule has 4 rings (SSSR count). The van der Waals surface area contributed by atoms with Crippen molar-refractivity contribution in [1.82, 2.24) is 19.9 Å². The highest BCUT2D eigenvalue weighted by molar-refractivity contribution is 5.80. The second-order valence-electron chi connectivity index (χ2n) is 8.44. The number of hydrogen-bond donors (Lipinski definition) is 0. The van der Waals surface area contributed by atoms with Crippen LogP contribution in [-0.2, 0) is 11.2 Å². The maximum Gasteiger partial charge on any atom is 0.227 e. The van der Waals surface area contributed by atoms with Crippen molar-refractivity contribution in [1.29, 1.82) is 0 Å². The van der Waals surface area contributed by atoms with Crippen LogP contribution in [0.4, 0.5) is 10.3 Å². The van der Waals surface area contributed by atoms with E-state index in [2.05, 4.69) is 9.97 Å². The fourth-order valence-corrected chi connectivity index (χ4v) is 4.28. The van der Waals surface area contributed by atoms with Crippen LogP contribution in [0.5, 0.6) is 5.75 Å². The molecular formula is C25H28FN5O2. The third-order valence-electron chi connectivity index (χ3n) is 5.98. The predicted molar refractivity (Wildman–Crippen MR) is 125 cm³/mol. The van der Waals surface area contributed by atoms with Crippen molar-refractivity contribution in [2.24, 2.45) is 0 Å². The molecule has 1 amide bonds. The van der Waals surface area contributed by atoms with Crippen molar-refractivity contribution in [3.8, 4) is 16.9 Å². The number of nitrogens with zero attached hydrogens (tertiary/aromatic N) is 5. The number of carbonyl (C=O) groups excluding carboxylic acids is 1. The van der Waals surface area contributed by atoms with Gasteiger partial charge in [-0.25, -0.2) is 14.4 Å². The van der Waals surface area contributed by atoms with Crippen LogP contribution in [0.3, 0.4) is 0 Å². The zero-order valence-electron chi connectivity index (χ0n) is 19.4. The maximum absolute atomic E-state index is 14.1. The largest absolute Gasteiger partial charge is 0.494 e. The van der Waals surface area contributed by atoms with Gasteiger partial charge in [-0.2, -0.15) is 0 Å². The van der Waals surface area contributed by atoms with Gasteiger partial charge in [-0.05, 0) is 54.7 Å². The lowest BCUT2D eigenvalue weighted by Gasteiger charge is -2.27. The first-order valence-corrected chi connectivity index (χ1v) is 11.0. The van der Waals surface area contributed by atoms with E-state index in [-0.39, 0.29) is 24.1 Å². The van der Waals surface area contributed by atoms with Crippen LogP contribution in [0.1, 0.15) is 35.7 Å². The number of benzene rings is 1. The molecule has 33 heavy (non-hydrogen) atoms. The van der Waals surface area contributed by atoms with E-state index in [1.165, 1.54) is 13.2 Å². The molecule has 3 aromatic rings. The van der Waals surface area contributed by atoms with Gasteiger partial charge in [0.05, 0.1) is 25.3 Å². The van der Waals surface area contributed by atoms with Gasteiger partial charge in [-0.15, -0.1) is 0 Å². The summed E-state index contributed by atoms with van der Waals surface area (Å²) in [6.07, 6.45) is 7.20. The van der Waals surface area contributed by atoms with Crippen LogP contribution in [0.25, 0.3) is 11.1 Å². The number of aryl methyl sites for hydroxylation is 1. The number of halogens is 1. The number of hydrogen-bond acceptors (Lipinski definition) is 6. The number of aromatic nitrogens is 3. The summed E-state index contributed by atoms with van der Waals surface area (Å²) in [5.41, 5.74) is 4.37. The minimum Gasteiger partial charge on any atom is -0.494 e. The molecule has 1 fully saturated rings. The molecule has 0 saturated carbocycles. The quantitative estimate of drug-likeness (QED) is 0.567. The summed E-state index contributed by atoms with van der Waals surface area (Å²) in [7, 11) is 5.21. The molecule has 2 aromatic heterocycles. The van der Waals surface area contributed by atoms with Gasteiger partial charge in [0.15, 0.2) is 11.6 Å². The summed E-state index contributed by atoms with van der Waals surface area (Å²) >= 11 is 0. The Morgan fingerprint density at radius 3 is 2.76 bits per heavy atom. The number of rotatable bonds is 6. The Kier molecular flexibility index (Phi) is 6.53. The smallest absolute Gasteiger partial charge is 0.227 e. The Balaban J connectivity index is 1.68. The number of carbonyl (C=O) groups is 1. The van der Waals surface area contributed by atoms with E-state index in [1.807, 2.05) is 49.3 Å². The molecule has 1 aromatic carbocycles. The molecule has 8 heteroatoms. The van der Waals surface area contributed by atoms with E-state index in [9.17, 15) is 9.18 Å². The highest BCUT2D eigenvalue weighted by Gasteiger charge is 2.33. The normalized spacial score (nSPS) is 15.5. The Labute approximate surface area is 193 Å². The van der Waals surface area contributed by atoms with Gasteiger partial charge in [0.2, 0.25) is 11.9 Å². The molecule has 0 bridgehead atoms. The van der Waals surface area contributed by atoms with E-state index < -0.39 is 5.82 Å². The van der Waals surface area contributed by atoms with E-state index >= 15 is 0 Å². The van der Waals surface area contributed by atoms with Gasteiger partial charge in [-0.1, -0.05) is 6.07 Å². The molecule has 0 radical (unpaired) electrons. The van der Waals surface area contributed by atoms with Gasteiger partial charge in [0, 0.05) is 44.8 Å². The molecule has 7 nitrogen and oxygen atoms in total. The lowest BCUT2D eigenvalue weighted by Crippen LogP contribution is -2.33.